The molecular formula is C28H37N5O7S. The Morgan fingerprint density at radius 2 is 1.32 bits per heavy atom. The minimum Gasteiger partial charge on any atom is -0.508 e. The Morgan fingerprint density at radius 3 is 1.90 bits per heavy atom. The first-order chi connectivity index (χ1) is 19.5. The summed E-state index contributed by atoms with van der Waals surface area (Å²) >= 11 is 1.45. The fourth-order valence-corrected chi connectivity index (χ4v) is 4.36. The summed E-state index contributed by atoms with van der Waals surface area (Å²) in [5.41, 5.74) is 12.3. The topological polar surface area (TPSA) is 214 Å². The monoisotopic (exact) mass is 587 g/mol. The number of phenolic OH excluding ortho intramolecular Hbond substituents is 1. The molecule has 13 heteroatoms. The number of thioether (sulfide) groups is 1. The van der Waals surface area contributed by atoms with Crippen molar-refractivity contribution >= 4 is 41.4 Å². The van der Waals surface area contributed by atoms with Gasteiger partial charge < -0.3 is 37.6 Å². The second kappa shape index (κ2) is 16.9. The first-order valence-corrected chi connectivity index (χ1v) is 14.4. The minimum atomic E-state index is -1.31. The largest absolute Gasteiger partial charge is 0.508 e. The summed E-state index contributed by atoms with van der Waals surface area (Å²) in [5.74, 6) is -3.35. The van der Waals surface area contributed by atoms with Crippen molar-refractivity contribution in [2.24, 2.45) is 11.5 Å². The van der Waals surface area contributed by atoms with Crippen molar-refractivity contribution in [3.63, 3.8) is 0 Å². The van der Waals surface area contributed by atoms with Crippen molar-refractivity contribution in [2.75, 3.05) is 12.0 Å². The van der Waals surface area contributed by atoms with Gasteiger partial charge >= 0.3 is 5.97 Å². The number of aromatic hydroxyl groups is 1. The van der Waals surface area contributed by atoms with Crippen molar-refractivity contribution in [3.8, 4) is 5.75 Å². The van der Waals surface area contributed by atoms with Gasteiger partial charge in [-0.05, 0) is 48.1 Å². The van der Waals surface area contributed by atoms with Crippen LogP contribution < -0.4 is 27.4 Å². The van der Waals surface area contributed by atoms with Crippen LogP contribution in [0, 0.1) is 0 Å². The highest BCUT2D eigenvalue weighted by molar-refractivity contribution is 7.98. The van der Waals surface area contributed by atoms with Crippen LogP contribution in [0.25, 0.3) is 0 Å². The molecule has 12 nitrogen and oxygen atoms in total. The summed E-state index contributed by atoms with van der Waals surface area (Å²) in [6.45, 7) is 0. The van der Waals surface area contributed by atoms with Gasteiger partial charge in [-0.2, -0.15) is 11.8 Å². The Morgan fingerprint density at radius 1 is 0.780 bits per heavy atom. The zero-order valence-corrected chi connectivity index (χ0v) is 23.6. The Labute approximate surface area is 242 Å². The van der Waals surface area contributed by atoms with Crippen LogP contribution in [-0.2, 0) is 36.8 Å². The van der Waals surface area contributed by atoms with Crippen molar-refractivity contribution in [1.82, 2.24) is 16.0 Å². The predicted octanol–water partition coefficient (Wildman–Crippen LogP) is 0.0623. The molecule has 41 heavy (non-hydrogen) atoms. The number of hydrogen-bond donors (Lipinski definition) is 7. The van der Waals surface area contributed by atoms with Crippen LogP contribution >= 0.6 is 11.8 Å². The second-order valence-corrected chi connectivity index (χ2v) is 10.5. The highest BCUT2D eigenvalue weighted by atomic mass is 32.2. The Balaban J connectivity index is 2.22. The fraction of sp³-hybridized carbons (Fsp3) is 0.393. The van der Waals surface area contributed by atoms with Crippen molar-refractivity contribution < 1.29 is 34.2 Å². The van der Waals surface area contributed by atoms with Gasteiger partial charge in [0.2, 0.25) is 23.6 Å². The number of hydrogen-bond acceptors (Lipinski definition) is 8. The molecule has 0 aromatic heterocycles. The van der Waals surface area contributed by atoms with E-state index >= 15 is 0 Å². The van der Waals surface area contributed by atoms with Gasteiger partial charge in [0.1, 0.15) is 23.9 Å². The zero-order valence-electron chi connectivity index (χ0n) is 22.7. The van der Waals surface area contributed by atoms with E-state index in [1.54, 1.807) is 42.5 Å². The van der Waals surface area contributed by atoms with Crippen molar-refractivity contribution in [2.45, 2.75) is 56.3 Å². The van der Waals surface area contributed by atoms with Gasteiger partial charge in [0.05, 0.1) is 6.04 Å². The predicted molar refractivity (Wildman–Crippen MR) is 155 cm³/mol. The zero-order chi connectivity index (χ0) is 30.4. The molecule has 4 unspecified atom stereocenters. The number of nitrogens with two attached hydrogens (primary N) is 2. The number of nitrogens with one attached hydrogen (secondary N) is 3. The van der Waals surface area contributed by atoms with Gasteiger partial charge in [-0.25, -0.2) is 4.79 Å². The van der Waals surface area contributed by atoms with E-state index in [2.05, 4.69) is 16.0 Å². The lowest BCUT2D eigenvalue weighted by Gasteiger charge is -2.25. The third-order valence-electron chi connectivity index (χ3n) is 6.19. The molecule has 4 amide bonds. The lowest BCUT2D eigenvalue weighted by molar-refractivity contribution is -0.142. The van der Waals surface area contributed by atoms with Crippen LogP contribution in [0.1, 0.15) is 30.4 Å². The number of carboxylic acid groups (broad SMARTS) is 1. The van der Waals surface area contributed by atoms with Gasteiger partial charge in [0, 0.05) is 19.3 Å². The number of carboxylic acids is 1. The molecule has 0 heterocycles. The Hall–Kier alpha value is -4.10. The Bertz CT molecular complexity index is 1180. The summed E-state index contributed by atoms with van der Waals surface area (Å²) in [6, 6.07) is 10.2. The number of amides is 4. The highest BCUT2D eigenvalue weighted by Crippen LogP contribution is 2.12. The smallest absolute Gasteiger partial charge is 0.326 e. The van der Waals surface area contributed by atoms with E-state index in [0.29, 0.717) is 11.3 Å². The maximum Gasteiger partial charge on any atom is 0.326 e. The molecule has 2 aromatic rings. The van der Waals surface area contributed by atoms with Crippen molar-refractivity contribution in [3.05, 3.63) is 65.7 Å². The van der Waals surface area contributed by atoms with Crippen LogP contribution in [0.5, 0.6) is 5.75 Å². The third kappa shape index (κ3) is 11.9. The molecule has 0 aliphatic heterocycles. The van der Waals surface area contributed by atoms with Gasteiger partial charge in [-0.1, -0.05) is 42.5 Å². The maximum absolute atomic E-state index is 13.4. The van der Waals surface area contributed by atoms with Crippen molar-refractivity contribution in [1.29, 1.82) is 0 Å². The second-order valence-electron chi connectivity index (χ2n) is 9.48. The summed E-state index contributed by atoms with van der Waals surface area (Å²) in [6.07, 6.45) is 1.99. The van der Waals surface area contributed by atoms with Crippen LogP contribution in [0.2, 0.25) is 0 Å². The number of rotatable bonds is 17. The van der Waals surface area contributed by atoms with Gasteiger partial charge in [-0.15, -0.1) is 0 Å². The average Bonchev–Trinajstić information content (AvgIpc) is 2.94. The van der Waals surface area contributed by atoms with E-state index in [0.717, 1.165) is 5.56 Å². The molecule has 0 fully saturated rings. The molecule has 0 aliphatic rings. The standard InChI is InChI=1S/C28H37N5O7S/c1-41-14-13-21(31-25(36)20(29)11-12-24(30)35)26(37)32-22(15-17-5-3-2-4-6-17)27(38)33-23(28(39)40)16-18-7-9-19(34)10-8-18/h2-10,20-23,34H,11-16,29H2,1H3,(H2,30,35)(H,31,36)(H,32,37)(H,33,38)(H,39,40). The van der Waals surface area contributed by atoms with Gasteiger partial charge in [0.15, 0.2) is 0 Å². The van der Waals surface area contributed by atoms with E-state index in [1.807, 2.05) is 6.26 Å². The number of primary amides is 1. The molecule has 0 aliphatic carbocycles. The van der Waals surface area contributed by atoms with Crippen LogP contribution in [0.3, 0.4) is 0 Å². The van der Waals surface area contributed by atoms with Gasteiger partial charge in [-0.3, -0.25) is 19.2 Å². The lowest BCUT2D eigenvalue weighted by atomic mass is 10.0. The fourth-order valence-electron chi connectivity index (χ4n) is 3.88. The molecular weight excluding hydrogens is 550 g/mol. The molecule has 2 aromatic carbocycles. The van der Waals surface area contributed by atoms with E-state index in [4.69, 9.17) is 11.5 Å². The normalized spacial score (nSPS) is 13.7. The minimum absolute atomic E-state index is 0.00861. The summed E-state index contributed by atoms with van der Waals surface area (Å²) in [5, 5.41) is 27.0. The first kappa shape index (κ1) is 33.1. The number of benzene rings is 2. The first-order valence-electron chi connectivity index (χ1n) is 13.0. The van der Waals surface area contributed by atoms with E-state index in [9.17, 15) is 34.2 Å². The van der Waals surface area contributed by atoms with Crippen LogP contribution in [0.15, 0.2) is 54.6 Å². The number of carbonyl (C=O) groups is 5. The summed E-state index contributed by atoms with van der Waals surface area (Å²) in [4.78, 5) is 62.4. The SMILES string of the molecule is CSCCC(NC(=O)C(N)CCC(N)=O)C(=O)NC(Cc1ccccc1)C(=O)NC(Cc1ccc(O)cc1)C(=O)O. The molecule has 0 spiro atoms. The molecule has 0 saturated heterocycles. The maximum atomic E-state index is 13.4. The Kier molecular flexibility index (Phi) is 13.6. The van der Waals surface area contributed by atoms with E-state index < -0.39 is 53.8 Å². The van der Waals surface area contributed by atoms with E-state index in [-0.39, 0.29) is 37.9 Å². The highest BCUT2D eigenvalue weighted by Gasteiger charge is 2.30. The average molecular weight is 588 g/mol. The van der Waals surface area contributed by atoms with Crippen LogP contribution in [-0.4, -0.2) is 76.0 Å². The summed E-state index contributed by atoms with van der Waals surface area (Å²) in [7, 11) is 0. The molecule has 2 rings (SSSR count). The van der Waals surface area contributed by atoms with E-state index in [1.165, 1.54) is 23.9 Å². The molecule has 4 atom stereocenters. The molecule has 0 saturated carbocycles. The quantitative estimate of drug-likeness (QED) is 0.133. The molecule has 222 valence electrons. The number of aliphatic carboxylic acids is 1. The number of phenols is 1. The third-order valence-corrected chi connectivity index (χ3v) is 6.83. The number of carbonyl (C=O) groups excluding carboxylic acids is 4. The molecule has 0 radical (unpaired) electrons. The van der Waals surface area contributed by atoms with Crippen LogP contribution in [0.4, 0.5) is 0 Å². The summed E-state index contributed by atoms with van der Waals surface area (Å²) < 4.78 is 0. The van der Waals surface area contributed by atoms with Gasteiger partial charge in [0.25, 0.3) is 0 Å². The molecule has 0 bridgehead atoms. The molecule has 9 N–H and O–H groups in total. The lowest BCUT2D eigenvalue weighted by Crippen LogP contribution is -2.58.